The minimum atomic E-state index is -1.66. The fourth-order valence-corrected chi connectivity index (χ4v) is 11.2. The zero-order valence-electron chi connectivity index (χ0n) is 31.4. The van der Waals surface area contributed by atoms with Crippen LogP contribution in [0.25, 0.3) is 0 Å². The van der Waals surface area contributed by atoms with Gasteiger partial charge < -0.3 is 59.8 Å². The summed E-state index contributed by atoms with van der Waals surface area (Å²) in [7, 11) is 0. The van der Waals surface area contributed by atoms with E-state index in [1.165, 1.54) is 12.5 Å². The minimum absolute atomic E-state index is 0.00134. The van der Waals surface area contributed by atoms with Crippen molar-refractivity contribution in [2.75, 3.05) is 13.2 Å². The fourth-order valence-electron chi connectivity index (χ4n) is 11.2. The maximum Gasteiger partial charge on any atom is 0.187 e. The largest absolute Gasteiger partial charge is 0.396 e. The molecule has 10 unspecified atom stereocenters. The highest BCUT2D eigenvalue weighted by Gasteiger charge is 2.61. The van der Waals surface area contributed by atoms with Gasteiger partial charge in [-0.2, -0.15) is 0 Å². The van der Waals surface area contributed by atoms with Crippen LogP contribution in [-0.4, -0.2) is 133 Å². The van der Waals surface area contributed by atoms with Gasteiger partial charge in [-0.15, -0.1) is 0 Å². The predicted octanol–water partition coefficient (Wildman–Crippen LogP) is 1.19. The number of hydrogen-bond donors (Lipinski definition) is 8. The molecular weight excluding hydrogens is 676 g/mol. The highest BCUT2D eigenvalue weighted by Crippen LogP contribution is 2.66. The summed E-state index contributed by atoms with van der Waals surface area (Å²) < 4.78 is 23.8. The summed E-state index contributed by atoms with van der Waals surface area (Å²) in [6.45, 7) is 9.80. The zero-order valence-corrected chi connectivity index (χ0v) is 31.4. The molecule has 0 aromatic rings. The number of carbonyl (C=O) groups excluding carboxylic acids is 1. The molecule has 0 bridgehead atoms. The Hall–Kier alpha value is -1.07. The van der Waals surface area contributed by atoms with Gasteiger partial charge in [-0.1, -0.05) is 33.3 Å². The van der Waals surface area contributed by atoms with E-state index >= 15 is 0 Å². The highest BCUT2D eigenvalue weighted by atomic mass is 16.8. The molecule has 6 aliphatic rings. The van der Waals surface area contributed by atoms with Gasteiger partial charge in [-0.05, 0) is 111 Å². The van der Waals surface area contributed by atoms with Gasteiger partial charge in [0.25, 0.3) is 0 Å². The van der Waals surface area contributed by atoms with Gasteiger partial charge in [0.2, 0.25) is 0 Å². The summed E-state index contributed by atoms with van der Waals surface area (Å²) in [5.41, 5.74) is 0.999. The Kier molecular flexibility index (Phi) is 12.3. The Morgan fingerprint density at radius 1 is 0.808 bits per heavy atom. The SMILES string of the molecule is CC(CO)CCC(O)C(C)C1CCC2C3=CC(=O)C4CC(O[C@@H]5O[C@H](CO)[C@@H](O)[C@H](O)[C@H]5O[C@@H]5O[C@@H](C)[C@H](O)[C@@H](O)[C@H]5O)CCC4(C)C3CCC21C. The summed E-state index contributed by atoms with van der Waals surface area (Å²) in [4.78, 5) is 14.1. The first-order valence-corrected chi connectivity index (χ1v) is 19.7. The van der Waals surface area contributed by atoms with Crippen molar-refractivity contribution in [3.63, 3.8) is 0 Å². The van der Waals surface area contributed by atoms with Crippen LogP contribution in [0.4, 0.5) is 0 Å². The Morgan fingerprint density at radius 2 is 1.50 bits per heavy atom. The van der Waals surface area contributed by atoms with Gasteiger partial charge in [0.15, 0.2) is 18.4 Å². The first kappa shape index (κ1) is 40.6. The predicted molar refractivity (Wildman–Crippen MR) is 186 cm³/mol. The first-order valence-electron chi connectivity index (χ1n) is 19.7. The number of hydrogen-bond acceptors (Lipinski definition) is 13. The lowest BCUT2D eigenvalue weighted by Crippen LogP contribution is -2.64. The molecule has 2 saturated heterocycles. The third kappa shape index (κ3) is 7.20. The second kappa shape index (κ2) is 15.8. The molecule has 8 N–H and O–H groups in total. The number of ether oxygens (including phenoxy) is 4. The molecule has 6 rings (SSSR count). The maximum atomic E-state index is 14.1. The minimum Gasteiger partial charge on any atom is -0.396 e. The van der Waals surface area contributed by atoms with Crippen molar-refractivity contribution >= 4 is 5.78 Å². The molecule has 0 spiro atoms. The second-order valence-corrected chi connectivity index (χ2v) is 17.8. The molecule has 0 amide bonds. The molecule has 52 heavy (non-hydrogen) atoms. The van der Waals surface area contributed by atoms with Crippen molar-refractivity contribution in [2.45, 2.75) is 166 Å². The lowest BCUT2D eigenvalue weighted by Gasteiger charge is -2.57. The van der Waals surface area contributed by atoms with Crippen LogP contribution in [0.5, 0.6) is 0 Å². The van der Waals surface area contributed by atoms with Crippen molar-refractivity contribution in [3.8, 4) is 0 Å². The van der Waals surface area contributed by atoms with Gasteiger partial charge in [-0.3, -0.25) is 4.79 Å². The molecule has 0 aromatic heterocycles. The van der Waals surface area contributed by atoms with Crippen molar-refractivity contribution < 1.29 is 64.6 Å². The molecule has 13 nitrogen and oxygen atoms in total. The third-order valence-corrected chi connectivity index (χ3v) is 14.7. The van der Waals surface area contributed by atoms with Crippen LogP contribution in [0.2, 0.25) is 0 Å². The molecule has 298 valence electrons. The van der Waals surface area contributed by atoms with Gasteiger partial charge in [0.1, 0.15) is 42.7 Å². The molecule has 20 atom stereocenters. The van der Waals surface area contributed by atoms with Crippen molar-refractivity contribution in [1.82, 2.24) is 0 Å². The lowest BCUT2D eigenvalue weighted by molar-refractivity contribution is -0.370. The van der Waals surface area contributed by atoms with Crippen molar-refractivity contribution in [1.29, 1.82) is 0 Å². The number of ketones is 1. The van der Waals surface area contributed by atoms with E-state index in [2.05, 4.69) is 20.8 Å². The lowest BCUT2D eigenvalue weighted by atomic mass is 9.47. The number of fused-ring (bicyclic) bond motifs is 5. The van der Waals surface area contributed by atoms with Crippen LogP contribution in [-0.2, 0) is 23.7 Å². The van der Waals surface area contributed by atoms with E-state index < -0.39 is 80.2 Å². The van der Waals surface area contributed by atoms with Gasteiger partial charge in [0, 0.05) is 12.5 Å². The third-order valence-electron chi connectivity index (χ3n) is 14.7. The molecule has 2 heterocycles. The number of rotatable bonds is 11. The van der Waals surface area contributed by atoms with Crippen LogP contribution in [0.1, 0.15) is 92.4 Å². The molecule has 2 aliphatic heterocycles. The summed E-state index contributed by atoms with van der Waals surface area (Å²) >= 11 is 0. The zero-order chi connectivity index (χ0) is 37.9. The Bertz CT molecular complexity index is 1280. The number of aliphatic hydroxyl groups is 8. The Balaban J connectivity index is 1.16. The van der Waals surface area contributed by atoms with Gasteiger partial charge >= 0.3 is 0 Å². The molecule has 4 aliphatic carbocycles. The van der Waals surface area contributed by atoms with Crippen LogP contribution >= 0.6 is 0 Å². The number of allylic oxidation sites excluding steroid dienone is 2. The second-order valence-electron chi connectivity index (χ2n) is 17.8. The van der Waals surface area contributed by atoms with Gasteiger partial charge in [-0.25, -0.2) is 0 Å². The topological polar surface area (TPSA) is 216 Å². The quantitative estimate of drug-likeness (QED) is 0.150. The molecule has 13 heteroatoms. The van der Waals surface area contributed by atoms with Crippen LogP contribution in [0, 0.1) is 46.3 Å². The van der Waals surface area contributed by atoms with E-state index in [0.717, 1.165) is 38.5 Å². The average Bonchev–Trinajstić information content (AvgIpc) is 3.48. The van der Waals surface area contributed by atoms with E-state index in [4.69, 9.17) is 18.9 Å². The first-order chi connectivity index (χ1) is 24.5. The van der Waals surface area contributed by atoms with E-state index in [1.807, 2.05) is 13.0 Å². The van der Waals surface area contributed by atoms with Crippen LogP contribution < -0.4 is 0 Å². The van der Waals surface area contributed by atoms with Crippen LogP contribution in [0.15, 0.2) is 11.6 Å². The van der Waals surface area contributed by atoms with Gasteiger partial charge in [0.05, 0.1) is 24.9 Å². The Morgan fingerprint density at radius 3 is 2.19 bits per heavy atom. The summed E-state index contributed by atoms with van der Waals surface area (Å²) in [5.74, 6) is 0.966. The Labute approximate surface area is 307 Å². The fraction of sp³-hybridized carbons (Fsp3) is 0.923. The summed E-state index contributed by atoms with van der Waals surface area (Å²) in [6.07, 6.45) is -5.78. The molecule has 3 saturated carbocycles. The smallest absolute Gasteiger partial charge is 0.187 e. The number of carbonyl (C=O) groups is 1. The molecule has 5 fully saturated rings. The standard InChI is InChI=1S/C39H64O13/c1-18(16-40)6-9-27(42)19(2)23-7-8-24-22-15-28(43)26-14-21(10-12-39(26,5)25(22)11-13-38(23,24)4)50-37-35(33(47)31(45)29(17-41)51-37)52-36-34(48)32(46)30(44)20(3)49-36/h15,18-21,23-27,29-37,40-42,44-48H,6-14,16-17H2,1-5H3/t18?,19?,20-,21?,23?,24?,25?,26?,27?,29+,30-,31+,32+,33-,34+,35+,36-,37+,38?,39?/m0/s1. The monoisotopic (exact) mass is 740 g/mol. The molecular formula is C39H64O13. The van der Waals surface area contributed by atoms with E-state index in [1.54, 1.807) is 0 Å². The summed E-state index contributed by atoms with van der Waals surface area (Å²) in [5, 5.41) is 83.4. The molecule has 0 radical (unpaired) electrons. The van der Waals surface area contributed by atoms with Crippen molar-refractivity contribution in [2.24, 2.45) is 46.3 Å². The van der Waals surface area contributed by atoms with Crippen LogP contribution in [0.3, 0.4) is 0 Å². The summed E-state index contributed by atoms with van der Waals surface area (Å²) in [6, 6.07) is 0. The van der Waals surface area contributed by atoms with E-state index in [9.17, 15) is 45.6 Å². The number of aliphatic hydroxyl groups excluding tert-OH is 8. The van der Waals surface area contributed by atoms with Crippen molar-refractivity contribution in [3.05, 3.63) is 11.6 Å². The normalized spacial score (nSPS) is 49.7. The molecule has 0 aromatic carbocycles. The average molecular weight is 741 g/mol. The maximum absolute atomic E-state index is 14.1. The van der Waals surface area contributed by atoms with E-state index in [0.29, 0.717) is 25.2 Å². The van der Waals surface area contributed by atoms with E-state index in [-0.39, 0.29) is 52.8 Å². The highest BCUT2D eigenvalue weighted by molar-refractivity contribution is 5.94.